The van der Waals surface area contributed by atoms with E-state index < -0.39 is 12.2 Å². The summed E-state index contributed by atoms with van der Waals surface area (Å²) in [4.78, 5) is 0. The number of rotatable bonds is 5. The SMILES string of the molecule is C[C@H](O)C[C@H](O)[C@@H](N)CC1CCCCC1. The highest BCUT2D eigenvalue weighted by Crippen LogP contribution is 2.27. The topological polar surface area (TPSA) is 66.5 Å². The number of aliphatic hydroxyl groups is 2. The second kappa shape index (κ2) is 6.46. The fourth-order valence-electron chi connectivity index (χ4n) is 2.49. The minimum Gasteiger partial charge on any atom is -0.393 e. The highest BCUT2D eigenvalue weighted by molar-refractivity contribution is 4.78. The molecule has 0 spiro atoms. The zero-order chi connectivity index (χ0) is 11.3. The van der Waals surface area contributed by atoms with E-state index in [4.69, 9.17) is 10.8 Å². The maximum absolute atomic E-state index is 9.73. The van der Waals surface area contributed by atoms with Crippen molar-refractivity contribution in [3.05, 3.63) is 0 Å². The molecule has 1 aliphatic rings. The van der Waals surface area contributed by atoms with Crippen molar-refractivity contribution in [2.75, 3.05) is 0 Å². The summed E-state index contributed by atoms with van der Waals surface area (Å²) in [5.41, 5.74) is 5.94. The van der Waals surface area contributed by atoms with Crippen molar-refractivity contribution < 1.29 is 10.2 Å². The molecule has 1 saturated carbocycles. The van der Waals surface area contributed by atoms with Crippen molar-refractivity contribution in [2.24, 2.45) is 11.7 Å². The smallest absolute Gasteiger partial charge is 0.0715 e. The zero-order valence-electron chi connectivity index (χ0n) is 9.73. The van der Waals surface area contributed by atoms with Gasteiger partial charge in [0.15, 0.2) is 0 Å². The molecule has 1 aliphatic carbocycles. The van der Waals surface area contributed by atoms with Gasteiger partial charge >= 0.3 is 0 Å². The molecule has 0 radical (unpaired) electrons. The third-order valence-electron chi connectivity index (χ3n) is 3.41. The van der Waals surface area contributed by atoms with Gasteiger partial charge in [-0.15, -0.1) is 0 Å². The molecular weight excluding hydrogens is 190 g/mol. The van der Waals surface area contributed by atoms with E-state index >= 15 is 0 Å². The van der Waals surface area contributed by atoms with E-state index in [1.54, 1.807) is 6.92 Å². The van der Waals surface area contributed by atoms with Crippen LogP contribution in [-0.2, 0) is 0 Å². The monoisotopic (exact) mass is 215 g/mol. The summed E-state index contributed by atoms with van der Waals surface area (Å²) in [5, 5.41) is 18.9. The Hall–Kier alpha value is -0.120. The van der Waals surface area contributed by atoms with E-state index in [-0.39, 0.29) is 6.04 Å². The first-order valence-electron chi connectivity index (χ1n) is 6.21. The largest absolute Gasteiger partial charge is 0.393 e. The lowest BCUT2D eigenvalue weighted by molar-refractivity contribution is 0.0655. The molecule has 0 bridgehead atoms. The van der Waals surface area contributed by atoms with Crippen molar-refractivity contribution in [1.82, 2.24) is 0 Å². The maximum atomic E-state index is 9.73. The van der Waals surface area contributed by atoms with Crippen molar-refractivity contribution >= 4 is 0 Å². The molecule has 0 saturated heterocycles. The fourth-order valence-corrected chi connectivity index (χ4v) is 2.49. The fraction of sp³-hybridized carbons (Fsp3) is 1.00. The van der Waals surface area contributed by atoms with E-state index in [2.05, 4.69) is 0 Å². The molecule has 0 aromatic heterocycles. The van der Waals surface area contributed by atoms with Crippen LogP contribution in [0.25, 0.3) is 0 Å². The van der Waals surface area contributed by atoms with Gasteiger partial charge < -0.3 is 15.9 Å². The van der Waals surface area contributed by atoms with Crippen molar-refractivity contribution in [1.29, 1.82) is 0 Å². The molecule has 0 aromatic rings. The summed E-state index contributed by atoms with van der Waals surface area (Å²) in [6, 6.07) is -0.164. The Labute approximate surface area is 92.7 Å². The van der Waals surface area contributed by atoms with Gasteiger partial charge in [0.1, 0.15) is 0 Å². The van der Waals surface area contributed by atoms with E-state index in [1.165, 1.54) is 32.1 Å². The van der Waals surface area contributed by atoms with Crippen LogP contribution in [0, 0.1) is 5.92 Å². The second-order valence-corrected chi connectivity index (χ2v) is 5.06. The number of aliphatic hydroxyl groups excluding tert-OH is 2. The lowest BCUT2D eigenvalue weighted by atomic mass is 9.83. The Morgan fingerprint density at radius 1 is 1.20 bits per heavy atom. The predicted molar refractivity (Wildman–Crippen MR) is 61.5 cm³/mol. The Bertz CT molecular complexity index is 167. The van der Waals surface area contributed by atoms with E-state index in [1.807, 2.05) is 0 Å². The Morgan fingerprint density at radius 2 is 1.80 bits per heavy atom. The normalized spacial score (nSPS) is 24.8. The lowest BCUT2D eigenvalue weighted by Crippen LogP contribution is -2.38. The lowest BCUT2D eigenvalue weighted by Gasteiger charge is -2.27. The summed E-state index contributed by atoms with van der Waals surface area (Å²) in [5.74, 6) is 0.692. The molecule has 3 nitrogen and oxygen atoms in total. The first kappa shape index (κ1) is 12.9. The quantitative estimate of drug-likeness (QED) is 0.649. The molecule has 4 N–H and O–H groups in total. The summed E-state index contributed by atoms with van der Waals surface area (Å²) in [6.45, 7) is 1.69. The van der Waals surface area contributed by atoms with Crippen molar-refractivity contribution in [3.8, 4) is 0 Å². The molecule has 0 amide bonds. The van der Waals surface area contributed by atoms with Gasteiger partial charge in [-0.3, -0.25) is 0 Å². The first-order chi connectivity index (χ1) is 7.09. The van der Waals surface area contributed by atoms with Gasteiger partial charge in [-0.05, 0) is 19.3 Å². The Balaban J connectivity index is 2.23. The highest BCUT2D eigenvalue weighted by atomic mass is 16.3. The molecule has 0 aliphatic heterocycles. The number of nitrogens with two attached hydrogens (primary N) is 1. The van der Waals surface area contributed by atoms with E-state index in [9.17, 15) is 5.11 Å². The van der Waals surface area contributed by atoms with Crippen LogP contribution in [-0.4, -0.2) is 28.5 Å². The second-order valence-electron chi connectivity index (χ2n) is 5.06. The van der Waals surface area contributed by atoms with Crippen LogP contribution in [0.5, 0.6) is 0 Å². The molecule has 1 fully saturated rings. The molecular formula is C12H25NO2. The predicted octanol–water partition coefficient (Wildman–Crippen LogP) is 1.42. The molecule has 0 heterocycles. The molecule has 15 heavy (non-hydrogen) atoms. The van der Waals surface area contributed by atoms with Crippen LogP contribution in [0.1, 0.15) is 51.9 Å². The van der Waals surface area contributed by atoms with Gasteiger partial charge in [-0.2, -0.15) is 0 Å². The van der Waals surface area contributed by atoms with Gasteiger partial charge in [0, 0.05) is 12.5 Å². The molecule has 3 atom stereocenters. The average molecular weight is 215 g/mol. The summed E-state index contributed by atoms with van der Waals surface area (Å²) >= 11 is 0. The van der Waals surface area contributed by atoms with Crippen LogP contribution in [0.2, 0.25) is 0 Å². The van der Waals surface area contributed by atoms with Crippen LogP contribution in [0.4, 0.5) is 0 Å². The van der Waals surface area contributed by atoms with E-state index in [0.717, 1.165) is 6.42 Å². The molecule has 1 rings (SSSR count). The summed E-state index contributed by atoms with van der Waals surface area (Å²) in [7, 11) is 0. The van der Waals surface area contributed by atoms with Gasteiger partial charge in [-0.25, -0.2) is 0 Å². The number of hydrogen-bond acceptors (Lipinski definition) is 3. The number of hydrogen-bond donors (Lipinski definition) is 3. The standard InChI is InChI=1S/C12H25NO2/c1-9(14)7-12(15)11(13)8-10-5-3-2-4-6-10/h9-12,14-15H,2-8,13H2,1H3/t9-,11-,12-/m0/s1. The van der Waals surface area contributed by atoms with Crippen molar-refractivity contribution in [2.45, 2.75) is 70.1 Å². The summed E-state index contributed by atoms with van der Waals surface area (Å²) in [6.07, 6.45) is 6.78. The minimum absolute atomic E-state index is 0.164. The summed E-state index contributed by atoms with van der Waals surface area (Å²) < 4.78 is 0. The first-order valence-corrected chi connectivity index (χ1v) is 6.21. The molecule has 0 unspecified atom stereocenters. The van der Waals surface area contributed by atoms with Gasteiger partial charge in [0.2, 0.25) is 0 Å². The average Bonchev–Trinajstić information content (AvgIpc) is 2.18. The van der Waals surface area contributed by atoms with Crippen LogP contribution in [0.15, 0.2) is 0 Å². The van der Waals surface area contributed by atoms with Gasteiger partial charge in [0.05, 0.1) is 12.2 Å². The Kier molecular flexibility index (Phi) is 5.58. The highest BCUT2D eigenvalue weighted by Gasteiger charge is 2.22. The molecule has 0 aromatic carbocycles. The molecule has 3 heteroatoms. The van der Waals surface area contributed by atoms with Crippen LogP contribution in [0.3, 0.4) is 0 Å². The van der Waals surface area contributed by atoms with Gasteiger partial charge in [-0.1, -0.05) is 32.1 Å². The van der Waals surface area contributed by atoms with Crippen LogP contribution >= 0.6 is 0 Å². The van der Waals surface area contributed by atoms with E-state index in [0.29, 0.717) is 12.3 Å². The third kappa shape index (κ3) is 4.96. The minimum atomic E-state index is -0.549. The Morgan fingerprint density at radius 3 is 2.33 bits per heavy atom. The zero-order valence-corrected chi connectivity index (χ0v) is 9.73. The van der Waals surface area contributed by atoms with Crippen molar-refractivity contribution in [3.63, 3.8) is 0 Å². The van der Waals surface area contributed by atoms with Crippen LogP contribution < -0.4 is 5.73 Å². The van der Waals surface area contributed by atoms with Gasteiger partial charge in [0.25, 0.3) is 0 Å². The maximum Gasteiger partial charge on any atom is 0.0715 e. The third-order valence-corrected chi connectivity index (χ3v) is 3.41. The molecule has 90 valence electrons.